The van der Waals surface area contributed by atoms with Gasteiger partial charge >= 0.3 is 0 Å². The van der Waals surface area contributed by atoms with Crippen LogP contribution in [0.15, 0.2) is 24.3 Å². The van der Waals surface area contributed by atoms with Crippen LogP contribution in [0, 0.1) is 0 Å². The van der Waals surface area contributed by atoms with Gasteiger partial charge in [-0.05, 0) is 43.5 Å². The van der Waals surface area contributed by atoms with Gasteiger partial charge in [0.25, 0.3) is 0 Å². The number of methoxy groups -OCH3 is 1. The standard InChI is InChI=1S/C17H26N2O/c1-20-16-10-8-14(9-11-16)17-18-12-5-13-19(17)15-6-3-2-4-7-15/h8-11,15,17-18H,2-7,12-13H2,1H3. The molecular weight excluding hydrogens is 248 g/mol. The van der Waals surface area contributed by atoms with Gasteiger partial charge in [-0.15, -0.1) is 0 Å². The van der Waals surface area contributed by atoms with E-state index in [0.29, 0.717) is 6.17 Å². The molecule has 1 aliphatic carbocycles. The van der Waals surface area contributed by atoms with Gasteiger partial charge in [0.1, 0.15) is 5.75 Å². The number of hydrogen-bond donors (Lipinski definition) is 1. The Labute approximate surface area is 122 Å². The Kier molecular flexibility index (Phi) is 4.58. The molecule has 20 heavy (non-hydrogen) atoms. The van der Waals surface area contributed by atoms with E-state index < -0.39 is 0 Å². The second-order valence-electron chi connectivity index (χ2n) is 6.01. The number of ether oxygens (including phenoxy) is 1. The lowest BCUT2D eigenvalue weighted by atomic mass is 9.92. The molecular formula is C17H26N2O. The molecule has 1 saturated heterocycles. The summed E-state index contributed by atoms with van der Waals surface area (Å²) in [5.74, 6) is 0.939. The van der Waals surface area contributed by atoms with Crippen LogP contribution in [-0.4, -0.2) is 31.1 Å². The molecule has 1 atom stereocenters. The molecule has 1 N–H and O–H groups in total. The highest BCUT2D eigenvalue weighted by Gasteiger charge is 2.30. The predicted molar refractivity (Wildman–Crippen MR) is 81.9 cm³/mol. The first-order valence-electron chi connectivity index (χ1n) is 8.01. The maximum Gasteiger partial charge on any atom is 0.118 e. The van der Waals surface area contributed by atoms with Crippen molar-refractivity contribution in [2.75, 3.05) is 20.2 Å². The molecule has 3 rings (SSSR count). The first-order valence-corrected chi connectivity index (χ1v) is 8.01. The van der Waals surface area contributed by atoms with Crippen molar-refractivity contribution in [3.8, 4) is 5.75 Å². The second-order valence-corrected chi connectivity index (χ2v) is 6.01. The highest BCUT2D eigenvalue weighted by atomic mass is 16.5. The van der Waals surface area contributed by atoms with E-state index >= 15 is 0 Å². The minimum atomic E-state index is 0.387. The number of nitrogens with one attached hydrogen (secondary N) is 1. The zero-order valence-electron chi connectivity index (χ0n) is 12.5. The van der Waals surface area contributed by atoms with Crippen LogP contribution in [0.5, 0.6) is 5.75 Å². The fourth-order valence-electron chi connectivity index (χ4n) is 3.65. The van der Waals surface area contributed by atoms with Gasteiger partial charge in [-0.1, -0.05) is 31.4 Å². The highest BCUT2D eigenvalue weighted by molar-refractivity contribution is 5.29. The monoisotopic (exact) mass is 274 g/mol. The summed E-state index contributed by atoms with van der Waals surface area (Å²) in [5.41, 5.74) is 1.37. The Balaban J connectivity index is 1.76. The Hall–Kier alpha value is -1.06. The zero-order valence-corrected chi connectivity index (χ0v) is 12.5. The van der Waals surface area contributed by atoms with Gasteiger partial charge in [-0.3, -0.25) is 10.2 Å². The molecule has 1 unspecified atom stereocenters. The predicted octanol–water partition coefficient (Wildman–Crippen LogP) is 3.32. The summed E-state index contributed by atoms with van der Waals surface area (Å²) in [6, 6.07) is 9.33. The van der Waals surface area contributed by atoms with Crippen LogP contribution < -0.4 is 10.1 Å². The van der Waals surface area contributed by atoms with Crippen molar-refractivity contribution < 1.29 is 4.74 Å². The lowest BCUT2D eigenvalue weighted by Crippen LogP contribution is -2.50. The van der Waals surface area contributed by atoms with Crippen LogP contribution in [0.2, 0.25) is 0 Å². The average Bonchev–Trinajstić information content (AvgIpc) is 2.56. The van der Waals surface area contributed by atoms with Gasteiger partial charge in [-0.2, -0.15) is 0 Å². The van der Waals surface area contributed by atoms with Gasteiger partial charge in [0.15, 0.2) is 0 Å². The van der Waals surface area contributed by atoms with Crippen LogP contribution in [0.4, 0.5) is 0 Å². The van der Waals surface area contributed by atoms with E-state index in [4.69, 9.17) is 4.74 Å². The third kappa shape index (κ3) is 2.99. The summed E-state index contributed by atoms with van der Waals surface area (Å²) >= 11 is 0. The summed E-state index contributed by atoms with van der Waals surface area (Å²) in [7, 11) is 1.72. The van der Waals surface area contributed by atoms with E-state index in [-0.39, 0.29) is 0 Å². The summed E-state index contributed by atoms with van der Waals surface area (Å²) in [6.45, 7) is 2.36. The Bertz CT molecular complexity index is 412. The molecule has 2 fully saturated rings. The Morgan fingerprint density at radius 1 is 1.05 bits per heavy atom. The molecule has 1 aromatic rings. The smallest absolute Gasteiger partial charge is 0.118 e. The molecule has 0 aromatic heterocycles. The van der Waals surface area contributed by atoms with Crippen LogP contribution in [0.25, 0.3) is 0 Å². The highest BCUT2D eigenvalue weighted by Crippen LogP contribution is 2.31. The lowest BCUT2D eigenvalue weighted by molar-refractivity contribution is 0.0597. The first kappa shape index (κ1) is 13.9. The molecule has 3 heteroatoms. The van der Waals surface area contributed by atoms with E-state index in [1.165, 1.54) is 50.6 Å². The minimum Gasteiger partial charge on any atom is -0.497 e. The minimum absolute atomic E-state index is 0.387. The van der Waals surface area contributed by atoms with Crippen LogP contribution >= 0.6 is 0 Å². The molecule has 3 nitrogen and oxygen atoms in total. The van der Waals surface area contributed by atoms with Crippen LogP contribution in [0.3, 0.4) is 0 Å². The molecule has 1 aromatic carbocycles. The van der Waals surface area contributed by atoms with Gasteiger partial charge in [0.2, 0.25) is 0 Å². The number of nitrogens with zero attached hydrogens (tertiary/aromatic N) is 1. The van der Waals surface area contributed by atoms with Gasteiger partial charge in [0.05, 0.1) is 13.3 Å². The largest absolute Gasteiger partial charge is 0.497 e. The van der Waals surface area contributed by atoms with Crippen molar-refractivity contribution >= 4 is 0 Å². The van der Waals surface area contributed by atoms with Crippen molar-refractivity contribution in [1.29, 1.82) is 0 Å². The SMILES string of the molecule is COc1ccc(C2NCCCN2C2CCCCC2)cc1. The first-order chi connectivity index (χ1) is 9.88. The van der Waals surface area contributed by atoms with Gasteiger partial charge in [-0.25, -0.2) is 0 Å². The Morgan fingerprint density at radius 2 is 1.80 bits per heavy atom. The fourth-order valence-corrected chi connectivity index (χ4v) is 3.65. The molecule has 0 amide bonds. The van der Waals surface area contributed by atoms with E-state index in [0.717, 1.165) is 18.3 Å². The van der Waals surface area contributed by atoms with Crippen molar-refractivity contribution in [2.45, 2.75) is 50.7 Å². The number of benzene rings is 1. The van der Waals surface area contributed by atoms with E-state index in [2.05, 4.69) is 34.5 Å². The summed E-state index contributed by atoms with van der Waals surface area (Å²) in [6.07, 6.45) is 8.61. The Morgan fingerprint density at radius 3 is 2.50 bits per heavy atom. The third-order valence-corrected chi connectivity index (χ3v) is 4.74. The maximum absolute atomic E-state index is 5.27. The van der Waals surface area contributed by atoms with E-state index in [1.807, 2.05) is 0 Å². The normalized spacial score (nSPS) is 25.6. The van der Waals surface area contributed by atoms with Crippen molar-refractivity contribution in [3.05, 3.63) is 29.8 Å². The summed E-state index contributed by atoms with van der Waals surface area (Å²) in [5, 5.41) is 3.71. The molecule has 0 bridgehead atoms. The van der Waals surface area contributed by atoms with E-state index in [1.54, 1.807) is 7.11 Å². The quantitative estimate of drug-likeness (QED) is 0.915. The number of hydrogen-bond acceptors (Lipinski definition) is 3. The molecule has 1 saturated carbocycles. The molecule has 2 aliphatic rings. The van der Waals surface area contributed by atoms with E-state index in [9.17, 15) is 0 Å². The fraction of sp³-hybridized carbons (Fsp3) is 0.647. The lowest BCUT2D eigenvalue weighted by Gasteiger charge is -2.43. The van der Waals surface area contributed by atoms with Crippen molar-refractivity contribution in [3.63, 3.8) is 0 Å². The molecule has 0 radical (unpaired) electrons. The van der Waals surface area contributed by atoms with Gasteiger partial charge < -0.3 is 4.74 Å². The van der Waals surface area contributed by atoms with Crippen molar-refractivity contribution in [2.24, 2.45) is 0 Å². The molecule has 110 valence electrons. The van der Waals surface area contributed by atoms with Gasteiger partial charge in [0, 0.05) is 12.6 Å². The second kappa shape index (κ2) is 6.59. The third-order valence-electron chi connectivity index (χ3n) is 4.74. The molecule has 0 spiro atoms. The molecule has 1 heterocycles. The average molecular weight is 274 g/mol. The number of rotatable bonds is 3. The zero-order chi connectivity index (χ0) is 13.8. The van der Waals surface area contributed by atoms with Crippen molar-refractivity contribution in [1.82, 2.24) is 10.2 Å². The van der Waals surface area contributed by atoms with Crippen LogP contribution in [0.1, 0.15) is 50.3 Å². The van der Waals surface area contributed by atoms with Crippen LogP contribution in [-0.2, 0) is 0 Å². The summed E-state index contributed by atoms with van der Waals surface area (Å²) < 4.78 is 5.27. The molecule has 1 aliphatic heterocycles. The topological polar surface area (TPSA) is 24.5 Å². The summed E-state index contributed by atoms with van der Waals surface area (Å²) in [4.78, 5) is 2.70. The maximum atomic E-state index is 5.27.